The number of nitrogens with zero attached hydrogens (tertiary/aromatic N) is 1. The molecule has 4 nitrogen and oxygen atoms in total. The van der Waals surface area contributed by atoms with E-state index in [1.54, 1.807) is 0 Å². The number of carboxylic acid groups (broad SMARTS) is 1. The molecule has 0 bridgehead atoms. The third-order valence-corrected chi connectivity index (χ3v) is 4.08. The van der Waals surface area contributed by atoms with Crippen LogP contribution in [0.4, 0.5) is 5.69 Å². The maximum atomic E-state index is 10.8. The van der Waals surface area contributed by atoms with Crippen LogP contribution in [0.2, 0.25) is 0 Å². The lowest BCUT2D eigenvalue weighted by atomic mass is 9.92. The molecule has 0 spiro atoms. The van der Waals surface area contributed by atoms with Gasteiger partial charge in [0.15, 0.2) is 0 Å². The van der Waals surface area contributed by atoms with E-state index < -0.39 is 12.0 Å². The van der Waals surface area contributed by atoms with Gasteiger partial charge in [-0.15, -0.1) is 23.2 Å². The Balaban J connectivity index is 3.07. The predicted octanol–water partition coefficient (Wildman–Crippen LogP) is 3.44. The van der Waals surface area contributed by atoms with E-state index in [1.807, 2.05) is 0 Å². The molecule has 1 aromatic carbocycles. The van der Waals surface area contributed by atoms with Gasteiger partial charge in [-0.2, -0.15) is 0 Å². The Morgan fingerprint density at radius 1 is 1.26 bits per heavy atom. The molecule has 0 unspecified atom stereocenters. The largest absolute Gasteiger partial charge is 0.481 e. The Kier molecular flexibility index (Phi) is 8.74. The first-order valence-corrected chi connectivity index (χ1v) is 8.93. The number of rotatable bonds is 10. The Hall–Kier alpha value is -0.970. The molecule has 23 heavy (non-hydrogen) atoms. The first-order valence-electron chi connectivity index (χ1n) is 7.86. The number of carboxylic acids is 1. The van der Waals surface area contributed by atoms with Crippen molar-refractivity contribution < 1.29 is 9.90 Å². The van der Waals surface area contributed by atoms with Gasteiger partial charge in [0.2, 0.25) is 0 Å². The normalized spacial score (nSPS) is 12.4. The number of anilines is 1. The van der Waals surface area contributed by atoms with Crippen molar-refractivity contribution in [3.8, 4) is 0 Å². The van der Waals surface area contributed by atoms with Gasteiger partial charge in [-0.3, -0.25) is 4.79 Å². The van der Waals surface area contributed by atoms with Crippen LogP contribution in [0.3, 0.4) is 0 Å². The lowest BCUT2D eigenvalue weighted by molar-refractivity contribution is -0.137. The van der Waals surface area contributed by atoms with Crippen LogP contribution in [-0.2, 0) is 11.2 Å². The summed E-state index contributed by atoms with van der Waals surface area (Å²) in [7, 11) is 0. The van der Waals surface area contributed by atoms with Gasteiger partial charge in [0.05, 0.1) is 6.42 Å². The van der Waals surface area contributed by atoms with Gasteiger partial charge in [-0.05, 0) is 35.6 Å². The Morgan fingerprint density at radius 3 is 2.35 bits per heavy atom. The molecule has 0 aliphatic carbocycles. The second-order valence-corrected chi connectivity index (χ2v) is 6.72. The van der Waals surface area contributed by atoms with Gasteiger partial charge in [0, 0.05) is 36.6 Å². The van der Waals surface area contributed by atoms with Crippen LogP contribution < -0.4 is 10.6 Å². The molecule has 0 amide bonds. The molecule has 1 rings (SSSR count). The van der Waals surface area contributed by atoms with Crippen LogP contribution in [0, 0.1) is 0 Å². The van der Waals surface area contributed by atoms with Crippen molar-refractivity contribution in [3.63, 3.8) is 0 Å². The maximum Gasteiger partial charge on any atom is 0.304 e. The fourth-order valence-corrected chi connectivity index (χ4v) is 3.09. The fourth-order valence-electron chi connectivity index (χ4n) is 2.68. The first-order chi connectivity index (χ1) is 10.9. The van der Waals surface area contributed by atoms with E-state index in [9.17, 15) is 4.79 Å². The second-order valence-electron chi connectivity index (χ2n) is 5.96. The van der Waals surface area contributed by atoms with Crippen LogP contribution in [0.5, 0.6) is 0 Å². The topological polar surface area (TPSA) is 66.6 Å². The van der Waals surface area contributed by atoms with Crippen LogP contribution in [0.25, 0.3) is 0 Å². The molecule has 0 aliphatic heterocycles. The SMILES string of the molecule is CC(C)c1ccc(N(CCCl)CCCl)cc1C[C@H](N)CC(=O)O. The molecule has 0 aliphatic rings. The van der Waals surface area contributed by atoms with Crippen LogP contribution in [0.1, 0.15) is 37.3 Å². The number of aliphatic carboxylic acids is 1. The molecule has 1 aromatic rings. The Labute approximate surface area is 148 Å². The van der Waals surface area contributed by atoms with Gasteiger partial charge in [-0.25, -0.2) is 0 Å². The summed E-state index contributed by atoms with van der Waals surface area (Å²) in [5, 5.41) is 8.91. The minimum absolute atomic E-state index is 0.0329. The number of hydrogen-bond acceptors (Lipinski definition) is 3. The van der Waals surface area contributed by atoms with Gasteiger partial charge in [0.25, 0.3) is 0 Å². The minimum Gasteiger partial charge on any atom is -0.481 e. The maximum absolute atomic E-state index is 10.8. The summed E-state index contributed by atoms with van der Waals surface area (Å²) in [6, 6.07) is 5.87. The smallest absolute Gasteiger partial charge is 0.304 e. The Bertz CT molecular complexity index is 503. The van der Waals surface area contributed by atoms with Crippen molar-refractivity contribution in [2.24, 2.45) is 5.73 Å². The summed E-state index contributed by atoms with van der Waals surface area (Å²) in [6.45, 7) is 5.68. The predicted molar refractivity (Wildman–Crippen MR) is 98.1 cm³/mol. The quantitative estimate of drug-likeness (QED) is 0.627. The zero-order valence-corrected chi connectivity index (χ0v) is 15.3. The molecule has 1 atom stereocenters. The van der Waals surface area contributed by atoms with Gasteiger partial charge in [-0.1, -0.05) is 19.9 Å². The van der Waals surface area contributed by atoms with E-state index in [4.69, 9.17) is 34.0 Å². The average Bonchev–Trinajstić information content (AvgIpc) is 2.45. The van der Waals surface area contributed by atoms with Crippen molar-refractivity contribution in [1.82, 2.24) is 0 Å². The Morgan fingerprint density at radius 2 is 1.87 bits per heavy atom. The third kappa shape index (κ3) is 6.58. The van der Waals surface area contributed by atoms with Gasteiger partial charge in [0.1, 0.15) is 0 Å². The molecular weight excluding hydrogens is 335 g/mol. The zero-order valence-electron chi connectivity index (χ0n) is 13.8. The van der Waals surface area contributed by atoms with Crippen molar-refractivity contribution in [2.45, 2.75) is 38.6 Å². The monoisotopic (exact) mass is 360 g/mol. The average molecular weight is 361 g/mol. The second kappa shape index (κ2) is 10.0. The highest BCUT2D eigenvalue weighted by molar-refractivity contribution is 6.18. The number of halogens is 2. The van der Waals surface area contributed by atoms with E-state index in [-0.39, 0.29) is 6.42 Å². The standard InChI is InChI=1S/C17H26Cl2N2O2/c1-12(2)16-4-3-15(21(7-5-18)8-6-19)10-13(16)9-14(20)11-17(22)23/h3-4,10,12,14H,5-9,11,20H2,1-2H3,(H,22,23)/t14-/m0/s1. The highest BCUT2D eigenvalue weighted by Crippen LogP contribution is 2.26. The number of carbonyl (C=O) groups is 1. The number of hydrogen-bond donors (Lipinski definition) is 2. The van der Waals surface area contributed by atoms with Crippen molar-refractivity contribution in [2.75, 3.05) is 29.7 Å². The van der Waals surface area contributed by atoms with Crippen molar-refractivity contribution >= 4 is 34.9 Å². The summed E-state index contributed by atoms with van der Waals surface area (Å²) < 4.78 is 0. The van der Waals surface area contributed by atoms with Gasteiger partial charge >= 0.3 is 5.97 Å². The molecule has 130 valence electrons. The summed E-state index contributed by atoms with van der Waals surface area (Å²) in [5.41, 5.74) is 9.33. The van der Waals surface area contributed by atoms with Gasteiger partial charge < -0.3 is 15.7 Å². The first kappa shape index (κ1) is 20.1. The minimum atomic E-state index is -0.870. The van der Waals surface area contributed by atoms with E-state index in [0.29, 0.717) is 24.1 Å². The van der Waals surface area contributed by atoms with E-state index in [1.165, 1.54) is 5.56 Å². The summed E-state index contributed by atoms with van der Waals surface area (Å²) in [6.07, 6.45) is 0.512. The third-order valence-electron chi connectivity index (χ3n) is 3.74. The lowest BCUT2D eigenvalue weighted by Gasteiger charge is -2.25. The molecule has 3 N–H and O–H groups in total. The molecule has 0 aromatic heterocycles. The fraction of sp³-hybridized carbons (Fsp3) is 0.588. The van der Waals surface area contributed by atoms with Crippen LogP contribution in [0.15, 0.2) is 18.2 Å². The van der Waals surface area contributed by atoms with E-state index >= 15 is 0 Å². The van der Waals surface area contributed by atoms with E-state index in [0.717, 1.165) is 24.3 Å². The molecule has 0 saturated carbocycles. The van der Waals surface area contributed by atoms with E-state index in [2.05, 4.69) is 36.9 Å². The molecular formula is C17H26Cl2N2O2. The molecule has 6 heteroatoms. The lowest BCUT2D eigenvalue weighted by Crippen LogP contribution is -2.29. The zero-order chi connectivity index (χ0) is 17.4. The number of alkyl halides is 2. The molecule has 0 heterocycles. The van der Waals surface area contributed by atoms with Crippen molar-refractivity contribution in [3.05, 3.63) is 29.3 Å². The molecule has 0 radical (unpaired) electrons. The van der Waals surface area contributed by atoms with Crippen molar-refractivity contribution in [1.29, 1.82) is 0 Å². The number of nitrogens with two attached hydrogens (primary N) is 1. The summed E-state index contributed by atoms with van der Waals surface area (Å²) in [5.74, 6) is 0.532. The van der Waals surface area contributed by atoms with Crippen LogP contribution >= 0.6 is 23.2 Å². The van der Waals surface area contributed by atoms with Crippen LogP contribution in [-0.4, -0.2) is 42.0 Å². The molecule has 0 saturated heterocycles. The molecule has 0 fully saturated rings. The highest BCUT2D eigenvalue weighted by Gasteiger charge is 2.15. The number of benzene rings is 1. The summed E-state index contributed by atoms with van der Waals surface area (Å²) in [4.78, 5) is 13.0. The highest BCUT2D eigenvalue weighted by atomic mass is 35.5. The summed E-state index contributed by atoms with van der Waals surface area (Å²) >= 11 is 11.8.